The second kappa shape index (κ2) is 11.7. The zero-order valence-electron chi connectivity index (χ0n) is 19.8. The summed E-state index contributed by atoms with van der Waals surface area (Å²) in [6, 6.07) is 3.74. The van der Waals surface area contributed by atoms with E-state index >= 15 is 0 Å². The van der Waals surface area contributed by atoms with Crippen LogP contribution in [-0.2, 0) is 25.5 Å². The Balaban J connectivity index is 2.55. The Morgan fingerprint density at radius 3 is 2.09 bits per heavy atom. The van der Waals surface area contributed by atoms with Gasteiger partial charge in [0.1, 0.15) is 18.1 Å². The third-order valence-electron chi connectivity index (χ3n) is 5.50. The van der Waals surface area contributed by atoms with Crippen molar-refractivity contribution in [2.75, 3.05) is 6.61 Å². The second-order valence-electron chi connectivity index (χ2n) is 8.44. The lowest BCUT2D eigenvalue weighted by molar-refractivity contribution is -0.140. The van der Waals surface area contributed by atoms with E-state index in [-0.39, 0.29) is 24.4 Å². The molecule has 0 heterocycles. The van der Waals surface area contributed by atoms with Crippen LogP contribution >= 0.6 is 0 Å². The molecule has 0 aliphatic heterocycles. The van der Waals surface area contributed by atoms with Crippen LogP contribution in [0, 0.1) is 5.92 Å². The topological polar surface area (TPSA) is 78.9 Å². The highest BCUT2D eigenvalue weighted by atomic mass is 16.5. The lowest BCUT2D eigenvalue weighted by atomic mass is 9.82. The van der Waals surface area contributed by atoms with Gasteiger partial charge in [-0.3, -0.25) is 14.4 Å². The van der Waals surface area contributed by atoms with Crippen LogP contribution in [0.25, 0.3) is 0 Å². The van der Waals surface area contributed by atoms with E-state index in [4.69, 9.17) is 14.2 Å². The summed E-state index contributed by atoms with van der Waals surface area (Å²) in [5, 5.41) is 0. The summed E-state index contributed by atoms with van der Waals surface area (Å²) in [7, 11) is 0. The first-order valence-electron chi connectivity index (χ1n) is 11.1. The van der Waals surface area contributed by atoms with E-state index in [1.807, 2.05) is 19.1 Å². The molecule has 2 atom stereocenters. The van der Waals surface area contributed by atoms with Gasteiger partial charge in [0.2, 0.25) is 0 Å². The molecule has 2 rings (SSSR count). The maximum atomic E-state index is 11.9. The van der Waals surface area contributed by atoms with E-state index in [2.05, 4.69) is 19.6 Å². The van der Waals surface area contributed by atoms with Crippen molar-refractivity contribution in [1.82, 2.24) is 0 Å². The molecule has 0 saturated carbocycles. The summed E-state index contributed by atoms with van der Waals surface area (Å²) in [6.07, 6.45) is 6.75. The van der Waals surface area contributed by atoms with Crippen LogP contribution in [-0.4, -0.2) is 24.5 Å². The molecule has 6 nitrogen and oxygen atoms in total. The fraction of sp³-hybridized carbons (Fsp3) is 0.500. The second-order valence-corrected chi connectivity index (χ2v) is 8.44. The van der Waals surface area contributed by atoms with Crippen LogP contribution in [0.15, 0.2) is 35.9 Å². The van der Waals surface area contributed by atoms with Crippen LogP contribution in [0.5, 0.6) is 11.5 Å². The predicted molar refractivity (Wildman–Crippen MR) is 123 cm³/mol. The minimum atomic E-state index is -0.445. The molecule has 0 aromatic heterocycles. The summed E-state index contributed by atoms with van der Waals surface area (Å²) >= 11 is 0. The Morgan fingerprint density at radius 1 is 1.00 bits per heavy atom. The Hall–Kier alpha value is -2.89. The van der Waals surface area contributed by atoms with Crippen LogP contribution in [0.3, 0.4) is 0 Å². The average molecular weight is 443 g/mol. The van der Waals surface area contributed by atoms with E-state index in [1.165, 1.54) is 20.8 Å². The molecule has 0 fully saturated rings. The van der Waals surface area contributed by atoms with Crippen LogP contribution in [0.4, 0.5) is 0 Å². The largest absolute Gasteiger partial charge is 0.461 e. The van der Waals surface area contributed by atoms with Crippen molar-refractivity contribution in [3.05, 3.63) is 47.1 Å². The number of carbonyl (C=O) groups is 3. The lowest BCUT2D eigenvalue weighted by Crippen LogP contribution is -2.18. The maximum Gasteiger partial charge on any atom is 0.308 e. The SMILES string of the molecule is C=C(COC(C)=O)[C@@H]1CC(C)=C[C@H]1c1c(OC(C)=O)cc(CCCCC)cc1OC(C)=O. The number of rotatable bonds is 10. The number of unbranched alkanes of at least 4 members (excludes halogenated alkanes) is 2. The van der Waals surface area contributed by atoms with Gasteiger partial charge in [-0.25, -0.2) is 0 Å². The van der Waals surface area contributed by atoms with Gasteiger partial charge in [0, 0.05) is 32.3 Å². The van der Waals surface area contributed by atoms with Gasteiger partial charge in [0.15, 0.2) is 0 Å². The molecule has 174 valence electrons. The third-order valence-corrected chi connectivity index (χ3v) is 5.50. The van der Waals surface area contributed by atoms with Crippen LogP contribution in [0.1, 0.15) is 77.3 Å². The van der Waals surface area contributed by atoms with Crippen molar-refractivity contribution < 1.29 is 28.6 Å². The van der Waals surface area contributed by atoms with Gasteiger partial charge < -0.3 is 14.2 Å². The van der Waals surface area contributed by atoms with Crippen LogP contribution in [0.2, 0.25) is 0 Å². The number of ether oxygens (including phenoxy) is 3. The minimum Gasteiger partial charge on any atom is -0.461 e. The summed E-state index contributed by atoms with van der Waals surface area (Å²) < 4.78 is 16.4. The van der Waals surface area contributed by atoms with Gasteiger partial charge in [0.05, 0.1) is 0 Å². The molecule has 1 aliphatic rings. The molecule has 1 aromatic rings. The van der Waals surface area contributed by atoms with E-state index in [9.17, 15) is 14.4 Å². The number of hydrogen-bond acceptors (Lipinski definition) is 6. The lowest BCUT2D eigenvalue weighted by Gasteiger charge is -2.26. The number of allylic oxidation sites excluding steroid dienone is 2. The number of esters is 3. The van der Waals surface area contributed by atoms with Crippen molar-refractivity contribution in [2.45, 2.75) is 72.6 Å². The number of carbonyl (C=O) groups excluding carboxylic acids is 3. The van der Waals surface area contributed by atoms with Gasteiger partial charge in [-0.15, -0.1) is 0 Å². The van der Waals surface area contributed by atoms with Gasteiger partial charge in [-0.2, -0.15) is 0 Å². The van der Waals surface area contributed by atoms with E-state index in [0.717, 1.165) is 48.8 Å². The minimum absolute atomic E-state index is 0.0797. The molecule has 6 heteroatoms. The highest BCUT2D eigenvalue weighted by Gasteiger charge is 2.35. The van der Waals surface area contributed by atoms with E-state index < -0.39 is 11.9 Å². The quantitative estimate of drug-likeness (QED) is 0.208. The first-order valence-corrected chi connectivity index (χ1v) is 11.1. The Kier molecular flexibility index (Phi) is 9.24. The van der Waals surface area contributed by atoms with E-state index in [1.54, 1.807) is 0 Å². The smallest absolute Gasteiger partial charge is 0.308 e. The van der Waals surface area contributed by atoms with Gasteiger partial charge >= 0.3 is 17.9 Å². The van der Waals surface area contributed by atoms with Crippen molar-refractivity contribution in [3.8, 4) is 11.5 Å². The van der Waals surface area contributed by atoms with E-state index in [0.29, 0.717) is 17.1 Å². The molecule has 0 amide bonds. The Labute approximate surface area is 190 Å². The van der Waals surface area contributed by atoms with Crippen molar-refractivity contribution in [2.24, 2.45) is 5.92 Å². The maximum absolute atomic E-state index is 11.9. The number of hydrogen-bond donors (Lipinski definition) is 0. The molecular formula is C26H34O6. The Bertz CT molecular complexity index is 874. The van der Waals surface area contributed by atoms with Gasteiger partial charge in [-0.05, 0) is 55.4 Å². The predicted octanol–water partition coefficient (Wildman–Crippen LogP) is 5.44. The van der Waals surface area contributed by atoms with Crippen LogP contribution < -0.4 is 9.47 Å². The molecule has 0 bridgehead atoms. The fourth-order valence-corrected chi connectivity index (χ4v) is 4.13. The summed E-state index contributed by atoms with van der Waals surface area (Å²) in [5.41, 5.74) is 3.48. The van der Waals surface area contributed by atoms with Crippen molar-refractivity contribution in [1.29, 1.82) is 0 Å². The summed E-state index contributed by atoms with van der Waals surface area (Å²) in [4.78, 5) is 35.1. The summed E-state index contributed by atoms with van der Waals surface area (Å²) in [5.74, 6) is -0.786. The molecule has 32 heavy (non-hydrogen) atoms. The normalized spacial score (nSPS) is 17.5. The molecular weight excluding hydrogens is 408 g/mol. The molecule has 1 aliphatic carbocycles. The molecule has 0 unspecified atom stereocenters. The average Bonchev–Trinajstić information content (AvgIpc) is 3.06. The third kappa shape index (κ3) is 7.08. The van der Waals surface area contributed by atoms with Crippen molar-refractivity contribution in [3.63, 3.8) is 0 Å². The highest BCUT2D eigenvalue weighted by Crippen LogP contribution is 2.49. The number of benzene rings is 1. The summed E-state index contributed by atoms with van der Waals surface area (Å²) in [6.45, 7) is 12.5. The zero-order chi connectivity index (χ0) is 23.8. The Morgan fingerprint density at radius 2 is 1.59 bits per heavy atom. The van der Waals surface area contributed by atoms with Crippen molar-refractivity contribution >= 4 is 17.9 Å². The number of aryl methyl sites for hydroxylation is 1. The zero-order valence-corrected chi connectivity index (χ0v) is 19.8. The molecule has 1 aromatic carbocycles. The molecule has 0 saturated heterocycles. The van der Waals surface area contributed by atoms with Gasteiger partial charge in [0.25, 0.3) is 0 Å². The fourth-order valence-electron chi connectivity index (χ4n) is 4.13. The first kappa shape index (κ1) is 25.4. The highest BCUT2D eigenvalue weighted by molar-refractivity contribution is 5.74. The standard InChI is InChI=1S/C26H34O6/c1-7-8-9-10-21-13-24(31-19(5)28)26(25(14-21)32-20(6)29)23-12-16(2)11-22(23)17(3)15-30-18(4)27/h12-14,22-23H,3,7-11,15H2,1-2,4-6H3/t22-,23+/m0/s1. The molecule has 0 radical (unpaired) electrons. The molecule has 0 N–H and O–H groups in total. The molecule has 0 spiro atoms. The monoisotopic (exact) mass is 442 g/mol. The first-order chi connectivity index (χ1) is 15.1. The van der Waals surface area contributed by atoms with Gasteiger partial charge in [-0.1, -0.05) is 38.0 Å².